The third kappa shape index (κ3) is 5.56. The largest absolute Gasteiger partial charge is 0.494 e. The zero-order chi connectivity index (χ0) is 19.1. The van der Waals surface area contributed by atoms with Crippen LogP contribution in [0.5, 0.6) is 5.75 Å². The van der Waals surface area contributed by atoms with Crippen LogP contribution in [0.4, 0.5) is 0 Å². The molecule has 0 unspecified atom stereocenters. The van der Waals surface area contributed by atoms with Crippen molar-refractivity contribution < 1.29 is 14.1 Å². The van der Waals surface area contributed by atoms with Crippen LogP contribution in [0.1, 0.15) is 18.4 Å². The van der Waals surface area contributed by atoms with E-state index in [9.17, 15) is 4.79 Å². The Morgan fingerprint density at radius 2 is 1.89 bits per heavy atom. The number of amides is 1. The van der Waals surface area contributed by atoms with Gasteiger partial charge in [-0.15, -0.1) is 0 Å². The van der Waals surface area contributed by atoms with E-state index in [0.29, 0.717) is 42.7 Å². The number of hydrogen-bond donors (Lipinski definition) is 1. The molecule has 0 radical (unpaired) electrons. The zero-order valence-corrected chi connectivity index (χ0v) is 15.7. The van der Waals surface area contributed by atoms with Crippen LogP contribution in [0.2, 0.25) is 5.02 Å². The summed E-state index contributed by atoms with van der Waals surface area (Å²) in [6.45, 7) is 2.98. The highest BCUT2D eigenvalue weighted by atomic mass is 35.5. The second-order valence-electron chi connectivity index (χ2n) is 5.87. The average molecular weight is 386 g/mol. The SMILES string of the molecule is CCOc1ccc(CC(=O)NCCc2nc(-c3ccc(Cl)cc3)no2)cc1. The van der Waals surface area contributed by atoms with Gasteiger partial charge >= 0.3 is 0 Å². The van der Waals surface area contributed by atoms with Gasteiger partial charge < -0.3 is 14.6 Å². The highest BCUT2D eigenvalue weighted by Crippen LogP contribution is 2.18. The Bertz CT molecular complexity index is 876. The maximum Gasteiger partial charge on any atom is 0.228 e. The number of rotatable bonds is 8. The molecular weight excluding hydrogens is 366 g/mol. The van der Waals surface area contributed by atoms with Gasteiger partial charge in [0.15, 0.2) is 0 Å². The Hall–Kier alpha value is -2.86. The number of nitrogens with zero attached hydrogens (tertiary/aromatic N) is 2. The Balaban J connectivity index is 1.45. The molecule has 0 saturated carbocycles. The lowest BCUT2D eigenvalue weighted by Gasteiger charge is -2.06. The Morgan fingerprint density at radius 1 is 1.15 bits per heavy atom. The van der Waals surface area contributed by atoms with Gasteiger partial charge in [-0.1, -0.05) is 28.9 Å². The molecule has 6 nitrogen and oxygen atoms in total. The zero-order valence-electron chi connectivity index (χ0n) is 14.9. The highest BCUT2D eigenvalue weighted by molar-refractivity contribution is 6.30. The van der Waals surface area contributed by atoms with Crippen LogP contribution >= 0.6 is 11.6 Å². The Morgan fingerprint density at radius 3 is 2.59 bits per heavy atom. The van der Waals surface area contributed by atoms with Crippen molar-refractivity contribution in [3.8, 4) is 17.1 Å². The molecule has 0 spiro atoms. The number of aromatic nitrogens is 2. The molecule has 7 heteroatoms. The number of ether oxygens (including phenoxy) is 1. The van der Waals surface area contributed by atoms with Crippen molar-refractivity contribution >= 4 is 17.5 Å². The molecule has 0 bridgehead atoms. The molecule has 0 fully saturated rings. The van der Waals surface area contributed by atoms with E-state index in [1.165, 1.54) is 0 Å². The van der Waals surface area contributed by atoms with Crippen LogP contribution in [0, 0.1) is 0 Å². The first-order valence-corrected chi connectivity index (χ1v) is 9.09. The van der Waals surface area contributed by atoms with E-state index in [0.717, 1.165) is 16.9 Å². The highest BCUT2D eigenvalue weighted by Gasteiger charge is 2.09. The predicted molar refractivity (Wildman–Crippen MR) is 103 cm³/mol. The lowest BCUT2D eigenvalue weighted by Crippen LogP contribution is -2.27. The fourth-order valence-corrected chi connectivity index (χ4v) is 2.63. The van der Waals surface area contributed by atoms with Gasteiger partial charge in [-0.25, -0.2) is 0 Å². The minimum atomic E-state index is -0.0587. The van der Waals surface area contributed by atoms with Crippen molar-refractivity contribution in [1.29, 1.82) is 0 Å². The predicted octanol–water partition coefficient (Wildman–Crippen LogP) is 3.69. The summed E-state index contributed by atoms with van der Waals surface area (Å²) >= 11 is 5.87. The lowest BCUT2D eigenvalue weighted by atomic mass is 10.1. The molecule has 27 heavy (non-hydrogen) atoms. The second-order valence-corrected chi connectivity index (χ2v) is 6.31. The molecule has 3 rings (SSSR count). The van der Waals surface area contributed by atoms with Gasteiger partial charge in [-0.3, -0.25) is 4.79 Å². The molecule has 0 saturated heterocycles. The van der Waals surface area contributed by atoms with E-state index in [2.05, 4.69) is 15.5 Å². The molecule has 140 valence electrons. The van der Waals surface area contributed by atoms with E-state index >= 15 is 0 Å². The normalized spacial score (nSPS) is 10.6. The summed E-state index contributed by atoms with van der Waals surface area (Å²) < 4.78 is 10.6. The van der Waals surface area contributed by atoms with E-state index in [4.69, 9.17) is 20.9 Å². The standard InChI is InChI=1S/C20H20ClN3O3/c1-2-26-17-9-3-14(4-10-17)13-18(25)22-12-11-19-23-20(24-27-19)15-5-7-16(21)8-6-15/h3-10H,2,11-13H2,1H3,(H,22,25). The molecule has 2 aromatic carbocycles. The van der Waals surface area contributed by atoms with Crippen molar-refractivity contribution in [1.82, 2.24) is 15.5 Å². The molecule has 1 amide bonds. The van der Waals surface area contributed by atoms with E-state index in [-0.39, 0.29) is 5.91 Å². The molecule has 0 aliphatic carbocycles. The van der Waals surface area contributed by atoms with Crippen molar-refractivity contribution in [3.63, 3.8) is 0 Å². The Labute approximate surface area is 162 Å². The minimum absolute atomic E-state index is 0.0587. The first-order valence-electron chi connectivity index (χ1n) is 8.71. The molecule has 1 heterocycles. The molecule has 0 aliphatic rings. The summed E-state index contributed by atoms with van der Waals surface area (Å²) in [5.41, 5.74) is 1.76. The second kappa shape index (κ2) is 9.19. The van der Waals surface area contributed by atoms with Crippen molar-refractivity contribution in [3.05, 3.63) is 65.0 Å². The van der Waals surface area contributed by atoms with Crippen LogP contribution in [-0.2, 0) is 17.6 Å². The molecule has 0 aliphatic heterocycles. The van der Waals surface area contributed by atoms with Gasteiger partial charge in [0, 0.05) is 23.6 Å². The smallest absolute Gasteiger partial charge is 0.228 e. The third-order valence-corrected chi connectivity index (χ3v) is 4.08. The molecule has 0 atom stereocenters. The van der Waals surface area contributed by atoms with Gasteiger partial charge in [0.05, 0.1) is 13.0 Å². The summed E-state index contributed by atoms with van der Waals surface area (Å²) in [7, 11) is 0. The van der Waals surface area contributed by atoms with Gasteiger partial charge in [-0.2, -0.15) is 4.98 Å². The molecular formula is C20H20ClN3O3. The first-order chi connectivity index (χ1) is 13.1. The number of carbonyl (C=O) groups is 1. The van der Waals surface area contributed by atoms with Crippen LogP contribution < -0.4 is 10.1 Å². The average Bonchev–Trinajstić information content (AvgIpc) is 3.13. The molecule has 3 aromatic rings. The fourth-order valence-electron chi connectivity index (χ4n) is 2.50. The van der Waals surface area contributed by atoms with Gasteiger partial charge in [0.25, 0.3) is 0 Å². The summed E-state index contributed by atoms with van der Waals surface area (Å²) in [5, 5.41) is 7.46. The number of benzene rings is 2. The van der Waals surface area contributed by atoms with E-state index in [1.54, 1.807) is 12.1 Å². The molecule has 1 N–H and O–H groups in total. The number of carbonyl (C=O) groups excluding carboxylic acids is 1. The van der Waals surface area contributed by atoms with Crippen LogP contribution in [0.3, 0.4) is 0 Å². The summed E-state index contributed by atoms with van der Waals surface area (Å²) in [4.78, 5) is 16.4. The third-order valence-electron chi connectivity index (χ3n) is 3.83. The van der Waals surface area contributed by atoms with E-state index in [1.807, 2.05) is 43.3 Å². The minimum Gasteiger partial charge on any atom is -0.494 e. The number of hydrogen-bond acceptors (Lipinski definition) is 5. The van der Waals surface area contributed by atoms with Crippen LogP contribution in [-0.4, -0.2) is 29.2 Å². The summed E-state index contributed by atoms with van der Waals surface area (Å²) in [6, 6.07) is 14.7. The monoisotopic (exact) mass is 385 g/mol. The number of nitrogens with one attached hydrogen (secondary N) is 1. The molecule has 1 aromatic heterocycles. The van der Waals surface area contributed by atoms with Gasteiger partial charge in [-0.05, 0) is 48.9 Å². The Kier molecular flexibility index (Phi) is 6.44. The lowest BCUT2D eigenvalue weighted by molar-refractivity contribution is -0.120. The fraction of sp³-hybridized carbons (Fsp3) is 0.250. The van der Waals surface area contributed by atoms with Gasteiger partial charge in [0.1, 0.15) is 5.75 Å². The van der Waals surface area contributed by atoms with Crippen molar-refractivity contribution in [2.45, 2.75) is 19.8 Å². The first kappa shape index (κ1) is 18.9. The van der Waals surface area contributed by atoms with Crippen molar-refractivity contribution in [2.75, 3.05) is 13.2 Å². The number of halogens is 1. The topological polar surface area (TPSA) is 77.2 Å². The van der Waals surface area contributed by atoms with Crippen molar-refractivity contribution in [2.24, 2.45) is 0 Å². The maximum absolute atomic E-state index is 12.1. The van der Waals surface area contributed by atoms with E-state index < -0.39 is 0 Å². The van der Waals surface area contributed by atoms with Crippen LogP contribution in [0.15, 0.2) is 53.1 Å². The van der Waals surface area contributed by atoms with Crippen LogP contribution in [0.25, 0.3) is 11.4 Å². The van der Waals surface area contributed by atoms with Gasteiger partial charge in [0.2, 0.25) is 17.6 Å². The maximum atomic E-state index is 12.1. The quantitative estimate of drug-likeness (QED) is 0.639. The summed E-state index contributed by atoms with van der Waals surface area (Å²) in [6.07, 6.45) is 0.780. The summed E-state index contributed by atoms with van der Waals surface area (Å²) in [5.74, 6) is 1.72.